The van der Waals surface area contributed by atoms with Crippen molar-refractivity contribution in [3.63, 3.8) is 0 Å². The molecule has 25 heavy (non-hydrogen) atoms. The second-order valence-corrected chi connectivity index (χ2v) is 5.73. The van der Waals surface area contributed by atoms with Gasteiger partial charge in [0.25, 0.3) is 0 Å². The summed E-state index contributed by atoms with van der Waals surface area (Å²) in [7, 11) is 0. The maximum Gasteiger partial charge on any atom is 0.417 e. The van der Waals surface area contributed by atoms with E-state index in [0.717, 1.165) is 6.07 Å². The van der Waals surface area contributed by atoms with Crippen LogP contribution in [0.1, 0.15) is 11.3 Å². The number of rotatable bonds is 2. The van der Waals surface area contributed by atoms with Crippen LogP contribution >= 0.6 is 11.6 Å². The molecule has 3 aromatic rings. The van der Waals surface area contributed by atoms with E-state index in [1.165, 1.54) is 12.1 Å². The summed E-state index contributed by atoms with van der Waals surface area (Å²) in [4.78, 5) is 12.3. The van der Waals surface area contributed by atoms with E-state index in [4.69, 9.17) is 17.3 Å². The highest BCUT2D eigenvalue weighted by Crippen LogP contribution is 2.39. The minimum Gasteiger partial charge on any atom is -0.368 e. The van der Waals surface area contributed by atoms with Gasteiger partial charge in [-0.25, -0.2) is 9.97 Å². The molecule has 2 heterocycles. The molecule has 0 atom stereocenters. The van der Waals surface area contributed by atoms with Crippen LogP contribution in [0.25, 0.3) is 22.4 Å². The van der Waals surface area contributed by atoms with Crippen molar-refractivity contribution in [1.29, 1.82) is 0 Å². The lowest BCUT2D eigenvalue weighted by molar-refractivity contribution is -0.137. The molecule has 0 radical (unpaired) electrons. The predicted molar refractivity (Wildman–Crippen MR) is 89.9 cm³/mol. The third-order valence-electron chi connectivity index (χ3n) is 3.60. The number of pyridine rings is 1. The van der Waals surface area contributed by atoms with Gasteiger partial charge < -0.3 is 5.73 Å². The third-order valence-corrected chi connectivity index (χ3v) is 3.93. The lowest BCUT2D eigenvalue weighted by Gasteiger charge is -2.15. The number of aromatic nitrogens is 3. The van der Waals surface area contributed by atoms with Gasteiger partial charge in [0.05, 0.1) is 22.0 Å². The molecule has 0 aliphatic rings. The van der Waals surface area contributed by atoms with E-state index in [0.29, 0.717) is 22.5 Å². The summed E-state index contributed by atoms with van der Waals surface area (Å²) in [6.07, 6.45) is -1.39. The van der Waals surface area contributed by atoms with Crippen molar-refractivity contribution >= 4 is 17.5 Å². The first-order chi connectivity index (χ1) is 11.8. The Balaban J connectivity index is 2.28. The molecule has 0 saturated heterocycles. The highest BCUT2D eigenvalue weighted by molar-refractivity contribution is 6.31. The second kappa shape index (κ2) is 6.33. The van der Waals surface area contributed by atoms with E-state index in [9.17, 15) is 13.2 Å². The Morgan fingerprint density at radius 2 is 1.84 bits per heavy atom. The summed E-state index contributed by atoms with van der Waals surface area (Å²) in [6, 6.07) is 7.12. The summed E-state index contributed by atoms with van der Waals surface area (Å²) in [6.45, 7) is 1.71. The van der Waals surface area contributed by atoms with Crippen molar-refractivity contribution in [2.75, 3.05) is 5.73 Å². The largest absolute Gasteiger partial charge is 0.417 e. The molecule has 128 valence electrons. The van der Waals surface area contributed by atoms with Crippen LogP contribution in [-0.4, -0.2) is 15.0 Å². The number of alkyl halides is 3. The summed E-state index contributed by atoms with van der Waals surface area (Å²) in [5.41, 5.74) is 7.10. The standard InChI is InChI=1S/C17H12ClF3N4/c1-9-14(11-3-2-6-23-8-11)15(25-16(22)24-9)10-4-5-13(18)12(7-10)17(19,20)21/h2-8H,1H3,(H2,22,24,25). The van der Waals surface area contributed by atoms with Crippen LogP contribution in [0.2, 0.25) is 5.02 Å². The Labute approximate surface area is 146 Å². The van der Waals surface area contributed by atoms with Gasteiger partial charge in [-0.3, -0.25) is 4.98 Å². The molecule has 3 rings (SSSR count). The highest BCUT2D eigenvalue weighted by Gasteiger charge is 2.33. The van der Waals surface area contributed by atoms with Crippen LogP contribution < -0.4 is 5.73 Å². The van der Waals surface area contributed by atoms with Gasteiger partial charge in [0.2, 0.25) is 5.95 Å². The minimum absolute atomic E-state index is 0.0244. The van der Waals surface area contributed by atoms with Gasteiger partial charge in [-0.2, -0.15) is 13.2 Å². The summed E-state index contributed by atoms with van der Waals surface area (Å²) < 4.78 is 39.5. The van der Waals surface area contributed by atoms with E-state index in [1.807, 2.05) is 0 Å². The van der Waals surface area contributed by atoms with E-state index in [1.54, 1.807) is 31.5 Å². The first kappa shape index (κ1) is 17.2. The zero-order valence-electron chi connectivity index (χ0n) is 13.0. The molecule has 0 aliphatic heterocycles. The molecular formula is C17H12ClF3N4. The molecule has 2 aromatic heterocycles. The van der Waals surface area contributed by atoms with Crippen LogP contribution in [0.5, 0.6) is 0 Å². The number of nitrogen functional groups attached to an aromatic ring is 1. The Morgan fingerprint density at radius 1 is 1.08 bits per heavy atom. The van der Waals surface area contributed by atoms with Gasteiger partial charge in [0.1, 0.15) is 0 Å². The van der Waals surface area contributed by atoms with Crippen LogP contribution in [0, 0.1) is 6.92 Å². The molecule has 8 heteroatoms. The molecule has 0 saturated carbocycles. The third kappa shape index (κ3) is 3.41. The molecule has 1 aromatic carbocycles. The fraction of sp³-hybridized carbons (Fsp3) is 0.118. The molecule has 0 spiro atoms. The number of halogens is 4. The van der Waals surface area contributed by atoms with Crippen LogP contribution in [0.3, 0.4) is 0 Å². The van der Waals surface area contributed by atoms with E-state index >= 15 is 0 Å². The van der Waals surface area contributed by atoms with E-state index in [-0.39, 0.29) is 16.5 Å². The summed E-state index contributed by atoms with van der Waals surface area (Å²) in [5.74, 6) is -0.0244. The average Bonchev–Trinajstić information content (AvgIpc) is 2.54. The van der Waals surface area contributed by atoms with Crippen LogP contribution in [-0.2, 0) is 6.18 Å². The highest BCUT2D eigenvalue weighted by atomic mass is 35.5. The minimum atomic E-state index is -4.57. The fourth-order valence-electron chi connectivity index (χ4n) is 2.55. The van der Waals surface area contributed by atoms with Gasteiger partial charge in [-0.15, -0.1) is 0 Å². The quantitative estimate of drug-likeness (QED) is 0.711. The van der Waals surface area contributed by atoms with Crippen LogP contribution in [0.15, 0.2) is 42.7 Å². The Morgan fingerprint density at radius 3 is 2.48 bits per heavy atom. The fourth-order valence-corrected chi connectivity index (χ4v) is 2.77. The van der Waals surface area contributed by atoms with Gasteiger partial charge in [0, 0.05) is 29.1 Å². The molecule has 2 N–H and O–H groups in total. The zero-order valence-corrected chi connectivity index (χ0v) is 13.7. The van der Waals surface area contributed by atoms with Crippen LogP contribution in [0.4, 0.5) is 19.1 Å². The second-order valence-electron chi connectivity index (χ2n) is 5.32. The normalized spacial score (nSPS) is 11.6. The molecule has 0 amide bonds. The molecule has 0 unspecified atom stereocenters. The maximum absolute atomic E-state index is 13.2. The Bertz CT molecular complexity index is 927. The van der Waals surface area contributed by atoms with Gasteiger partial charge in [-0.05, 0) is 25.1 Å². The van der Waals surface area contributed by atoms with E-state index in [2.05, 4.69) is 15.0 Å². The number of aryl methyl sites for hydroxylation is 1. The molecule has 0 bridgehead atoms. The lowest BCUT2D eigenvalue weighted by atomic mass is 9.98. The summed E-state index contributed by atoms with van der Waals surface area (Å²) in [5, 5.41) is -0.377. The van der Waals surface area contributed by atoms with E-state index < -0.39 is 11.7 Å². The molecule has 4 nitrogen and oxygen atoms in total. The lowest BCUT2D eigenvalue weighted by Crippen LogP contribution is -2.07. The van der Waals surface area contributed by atoms with Crippen molar-refractivity contribution in [1.82, 2.24) is 15.0 Å². The molecule has 0 aliphatic carbocycles. The van der Waals surface area contributed by atoms with Gasteiger partial charge >= 0.3 is 6.18 Å². The van der Waals surface area contributed by atoms with Gasteiger partial charge in [-0.1, -0.05) is 23.7 Å². The number of anilines is 1. The number of nitrogens with two attached hydrogens (primary N) is 1. The van der Waals surface area contributed by atoms with Crippen molar-refractivity contribution in [2.24, 2.45) is 0 Å². The SMILES string of the molecule is Cc1nc(N)nc(-c2ccc(Cl)c(C(F)(F)F)c2)c1-c1cccnc1. The zero-order chi connectivity index (χ0) is 18.2. The van der Waals surface area contributed by atoms with Gasteiger partial charge in [0.15, 0.2) is 0 Å². The topological polar surface area (TPSA) is 64.7 Å². The number of benzene rings is 1. The number of nitrogens with zero attached hydrogens (tertiary/aromatic N) is 3. The Hall–Kier alpha value is -2.67. The Kier molecular flexibility index (Phi) is 4.34. The van der Waals surface area contributed by atoms with Crippen molar-refractivity contribution < 1.29 is 13.2 Å². The number of hydrogen-bond acceptors (Lipinski definition) is 4. The van der Waals surface area contributed by atoms with Crippen molar-refractivity contribution in [3.05, 3.63) is 59.0 Å². The first-order valence-corrected chi connectivity index (χ1v) is 7.57. The molecular weight excluding hydrogens is 353 g/mol. The number of hydrogen-bond donors (Lipinski definition) is 1. The summed E-state index contributed by atoms with van der Waals surface area (Å²) >= 11 is 5.70. The molecule has 0 fully saturated rings. The van der Waals surface area contributed by atoms with Crippen molar-refractivity contribution in [2.45, 2.75) is 13.1 Å². The monoisotopic (exact) mass is 364 g/mol. The maximum atomic E-state index is 13.2. The smallest absolute Gasteiger partial charge is 0.368 e. The van der Waals surface area contributed by atoms with Crippen molar-refractivity contribution in [3.8, 4) is 22.4 Å². The average molecular weight is 365 g/mol. The predicted octanol–water partition coefficient (Wildman–Crippen LogP) is 4.77. The first-order valence-electron chi connectivity index (χ1n) is 7.19.